The second-order valence-electron chi connectivity index (χ2n) is 12.4. The SMILES string of the molecule is CCOc1ccc(CCCNC(=O)[C@@H]2CCC(=O)N[C@@H](Cc3ccccc3)C(=O)N[C@H](C(C)C)COc3ccccc3C(=O)N2)cc1OC. The first-order valence-electron chi connectivity index (χ1n) is 16.9. The van der Waals surface area contributed by atoms with Gasteiger partial charge < -0.3 is 35.5 Å². The third kappa shape index (κ3) is 11.0. The summed E-state index contributed by atoms with van der Waals surface area (Å²) in [5.41, 5.74) is 2.17. The lowest BCUT2D eigenvalue weighted by Crippen LogP contribution is -2.53. The number of hydrogen-bond acceptors (Lipinski definition) is 7. The van der Waals surface area contributed by atoms with E-state index in [4.69, 9.17) is 14.2 Å². The van der Waals surface area contributed by atoms with E-state index in [0.29, 0.717) is 43.2 Å². The van der Waals surface area contributed by atoms with Crippen LogP contribution in [0.3, 0.4) is 0 Å². The van der Waals surface area contributed by atoms with Crippen molar-refractivity contribution < 1.29 is 33.4 Å². The lowest BCUT2D eigenvalue weighted by molar-refractivity contribution is -0.130. The van der Waals surface area contributed by atoms with Gasteiger partial charge in [-0.05, 0) is 67.5 Å². The first-order chi connectivity index (χ1) is 23.7. The second kappa shape index (κ2) is 18.5. The van der Waals surface area contributed by atoms with Crippen LogP contribution in [0.25, 0.3) is 0 Å². The largest absolute Gasteiger partial charge is 0.493 e. The van der Waals surface area contributed by atoms with Gasteiger partial charge in [0.05, 0.1) is 25.3 Å². The highest BCUT2D eigenvalue weighted by Gasteiger charge is 2.29. The minimum absolute atomic E-state index is 0.00163. The van der Waals surface area contributed by atoms with Crippen LogP contribution < -0.4 is 35.5 Å². The predicted molar refractivity (Wildman–Crippen MR) is 187 cm³/mol. The molecule has 11 nitrogen and oxygen atoms in total. The van der Waals surface area contributed by atoms with Gasteiger partial charge in [0.25, 0.3) is 5.91 Å². The summed E-state index contributed by atoms with van der Waals surface area (Å²) in [7, 11) is 1.59. The number of amides is 4. The summed E-state index contributed by atoms with van der Waals surface area (Å²) >= 11 is 0. The van der Waals surface area contributed by atoms with Crippen molar-refractivity contribution in [3.8, 4) is 17.2 Å². The topological polar surface area (TPSA) is 144 Å². The molecule has 4 N–H and O–H groups in total. The van der Waals surface area contributed by atoms with Crippen molar-refractivity contribution in [3.05, 3.63) is 89.5 Å². The lowest BCUT2D eigenvalue weighted by Gasteiger charge is -2.26. The molecular formula is C38H48N4O7. The van der Waals surface area contributed by atoms with Crippen LogP contribution in [0.4, 0.5) is 0 Å². The highest BCUT2D eigenvalue weighted by molar-refractivity contribution is 5.99. The molecule has 4 amide bonds. The number of rotatable bonds is 11. The molecule has 0 aromatic heterocycles. The normalized spacial score (nSPS) is 18.8. The van der Waals surface area contributed by atoms with Gasteiger partial charge in [0.15, 0.2) is 11.5 Å². The highest BCUT2D eigenvalue weighted by Crippen LogP contribution is 2.28. The first-order valence-corrected chi connectivity index (χ1v) is 16.9. The molecule has 0 fully saturated rings. The Morgan fingerprint density at radius 1 is 0.939 bits per heavy atom. The number of nitrogens with one attached hydrogen (secondary N) is 4. The van der Waals surface area contributed by atoms with Crippen molar-refractivity contribution in [1.29, 1.82) is 0 Å². The van der Waals surface area contributed by atoms with E-state index in [1.165, 1.54) is 0 Å². The van der Waals surface area contributed by atoms with Crippen LogP contribution >= 0.6 is 0 Å². The molecule has 1 aliphatic heterocycles. The molecule has 4 rings (SSSR count). The number of methoxy groups -OCH3 is 1. The number of carbonyl (C=O) groups is 4. The molecule has 0 aliphatic carbocycles. The van der Waals surface area contributed by atoms with Crippen molar-refractivity contribution in [3.63, 3.8) is 0 Å². The molecule has 1 aliphatic rings. The summed E-state index contributed by atoms with van der Waals surface area (Å²) < 4.78 is 17.1. The molecule has 0 radical (unpaired) electrons. The zero-order valence-corrected chi connectivity index (χ0v) is 28.8. The Labute approximate surface area is 288 Å². The zero-order valence-electron chi connectivity index (χ0n) is 28.8. The van der Waals surface area contributed by atoms with Gasteiger partial charge in [0.2, 0.25) is 17.7 Å². The summed E-state index contributed by atoms with van der Waals surface area (Å²) in [4.78, 5) is 53.9. The molecule has 3 aromatic rings. The highest BCUT2D eigenvalue weighted by atomic mass is 16.5. The number of para-hydroxylation sites is 1. The number of carbonyl (C=O) groups excluding carboxylic acids is 4. The lowest BCUT2D eigenvalue weighted by atomic mass is 10.0. The predicted octanol–water partition coefficient (Wildman–Crippen LogP) is 3.98. The Morgan fingerprint density at radius 2 is 1.69 bits per heavy atom. The van der Waals surface area contributed by atoms with E-state index in [1.54, 1.807) is 31.4 Å². The van der Waals surface area contributed by atoms with E-state index < -0.39 is 35.8 Å². The van der Waals surface area contributed by atoms with Crippen molar-refractivity contribution in [2.24, 2.45) is 5.92 Å². The quantitative estimate of drug-likeness (QED) is 0.226. The van der Waals surface area contributed by atoms with Crippen LogP contribution in [0, 0.1) is 5.92 Å². The molecule has 49 heavy (non-hydrogen) atoms. The number of benzene rings is 3. The fraction of sp³-hybridized carbons (Fsp3) is 0.421. The van der Waals surface area contributed by atoms with Crippen LogP contribution in [-0.4, -0.2) is 68.6 Å². The summed E-state index contributed by atoms with van der Waals surface area (Å²) in [6.07, 6.45) is 1.53. The maximum Gasteiger partial charge on any atom is 0.255 e. The standard InChI is InChI=1S/C38H48N4O7/c1-5-48-33-19-17-27(23-34(33)47-4)14-11-21-39-37(45)29-18-20-35(43)40-30(22-26-12-7-6-8-13-26)38(46)42-31(25(2)3)24-49-32-16-10-9-15-28(32)36(44)41-29/h6-10,12-13,15-17,19,23,25,29-31H,5,11,14,18,20-22,24H2,1-4H3,(H,39,45)(H,40,43)(H,41,44)(H,42,46)/t29-,30-,31-/m0/s1. The number of fused-ring (bicyclic) bond motifs is 1. The second-order valence-corrected chi connectivity index (χ2v) is 12.4. The molecule has 0 spiro atoms. The van der Waals surface area contributed by atoms with E-state index in [2.05, 4.69) is 21.3 Å². The van der Waals surface area contributed by atoms with Crippen LogP contribution in [-0.2, 0) is 27.2 Å². The molecule has 0 bridgehead atoms. The molecule has 3 atom stereocenters. The fourth-order valence-corrected chi connectivity index (χ4v) is 5.52. The summed E-state index contributed by atoms with van der Waals surface area (Å²) in [5.74, 6) is -0.00651. The fourth-order valence-electron chi connectivity index (χ4n) is 5.52. The summed E-state index contributed by atoms with van der Waals surface area (Å²) in [6, 6.07) is 19.7. The number of ether oxygens (including phenoxy) is 3. The maximum atomic E-state index is 13.6. The van der Waals surface area contributed by atoms with E-state index in [0.717, 1.165) is 11.1 Å². The average Bonchev–Trinajstić information content (AvgIpc) is 3.10. The average molecular weight is 673 g/mol. The van der Waals surface area contributed by atoms with Crippen LogP contribution in [0.15, 0.2) is 72.8 Å². The van der Waals surface area contributed by atoms with Crippen LogP contribution in [0.2, 0.25) is 0 Å². The van der Waals surface area contributed by atoms with Gasteiger partial charge in [-0.15, -0.1) is 0 Å². The van der Waals surface area contributed by atoms with Gasteiger partial charge in [0.1, 0.15) is 24.4 Å². The van der Waals surface area contributed by atoms with Crippen molar-refractivity contribution in [1.82, 2.24) is 21.3 Å². The van der Waals surface area contributed by atoms with Gasteiger partial charge in [0, 0.05) is 19.4 Å². The maximum absolute atomic E-state index is 13.6. The van der Waals surface area contributed by atoms with E-state index in [1.807, 2.05) is 69.3 Å². The van der Waals surface area contributed by atoms with Crippen LogP contribution in [0.1, 0.15) is 61.5 Å². The molecule has 262 valence electrons. The van der Waals surface area contributed by atoms with Gasteiger partial charge >= 0.3 is 0 Å². The Bertz CT molecular complexity index is 1560. The third-order valence-electron chi connectivity index (χ3n) is 8.37. The Morgan fingerprint density at radius 3 is 2.43 bits per heavy atom. The molecule has 11 heteroatoms. The molecule has 0 unspecified atom stereocenters. The number of aryl methyl sites for hydroxylation is 1. The van der Waals surface area contributed by atoms with Crippen LogP contribution in [0.5, 0.6) is 17.2 Å². The first kappa shape index (κ1) is 36.8. The summed E-state index contributed by atoms with van der Waals surface area (Å²) in [6.45, 7) is 6.81. The Kier molecular flexibility index (Phi) is 13.9. The van der Waals surface area contributed by atoms with Gasteiger partial charge in [-0.3, -0.25) is 19.2 Å². The molecule has 0 saturated heterocycles. The monoisotopic (exact) mass is 672 g/mol. The minimum Gasteiger partial charge on any atom is -0.493 e. The zero-order chi connectivity index (χ0) is 35.2. The number of hydrogen-bond donors (Lipinski definition) is 4. The smallest absolute Gasteiger partial charge is 0.255 e. The van der Waals surface area contributed by atoms with E-state index in [9.17, 15) is 19.2 Å². The van der Waals surface area contributed by atoms with Crippen molar-refractivity contribution in [2.45, 2.75) is 71.0 Å². The van der Waals surface area contributed by atoms with E-state index in [-0.39, 0.29) is 43.3 Å². The molecule has 3 aromatic carbocycles. The molecular weight excluding hydrogens is 624 g/mol. The minimum atomic E-state index is -1.01. The van der Waals surface area contributed by atoms with Gasteiger partial charge in [-0.1, -0.05) is 62.4 Å². The Hall–Kier alpha value is -5.06. The Balaban J connectivity index is 1.50. The molecule has 1 heterocycles. The van der Waals surface area contributed by atoms with Gasteiger partial charge in [-0.25, -0.2) is 0 Å². The molecule has 0 saturated carbocycles. The van der Waals surface area contributed by atoms with Gasteiger partial charge in [-0.2, -0.15) is 0 Å². The summed E-state index contributed by atoms with van der Waals surface area (Å²) in [5, 5.41) is 11.7. The van der Waals surface area contributed by atoms with Crippen molar-refractivity contribution in [2.75, 3.05) is 26.9 Å². The van der Waals surface area contributed by atoms with E-state index >= 15 is 0 Å². The third-order valence-corrected chi connectivity index (χ3v) is 8.37. The van der Waals surface area contributed by atoms with Crippen molar-refractivity contribution >= 4 is 23.6 Å².